The van der Waals surface area contributed by atoms with Crippen molar-refractivity contribution < 1.29 is 33.9 Å². The molecule has 0 bridgehead atoms. The SMILES string of the molecule is NC(N)=C(/C=C(\N)c1ccccc1O)N1CCN(c2ccccc2)C(C(=O)NCC2CCC(NC(=O)C3CCN(c4ccc(C=O)c(C(=O)NC5CCC(=O)NC5=O)c4)CC3)CC2)C1. The number of nitrogens with one attached hydrogen (secondary N) is 4. The summed E-state index contributed by atoms with van der Waals surface area (Å²) >= 11 is 0. The Bertz CT molecular complexity index is 2280. The Hall–Kier alpha value is -7.04. The molecule has 0 aromatic heterocycles. The van der Waals surface area contributed by atoms with Crippen molar-refractivity contribution in [3.05, 3.63) is 107 Å². The van der Waals surface area contributed by atoms with Gasteiger partial charge in [0.15, 0.2) is 6.29 Å². The number of allylic oxidation sites excluding steroid dienone is 1. The van der Waals surface area contributed by atoms with Gasteiger partial charge in [-0.1, -0.05) is 30.3 Å². The molecule has 3 aliphatic heterocycles. The quantitative estimate of drug-likeness (QED) is 0.0696. The Labute approximate surface area is 372 Å². The maximum absolute atomic E-state index is 14.1. The Morgan fingerprint density at radius 3 is 2.19 bits per heavy atom. The van der Waals surface area contributed by atoms with Crippen LogP contribution in [0.2, 0.25) is 0 Å². The van der Waals surface area contributed by atoms with Gasteiger partial charge in [-0.3, -0.25) is 34.1 Å². The molecule has 17 heteroatoms. The van der Waals surface area contributed by atoms with Crippen molar-refractivity contribution in [2.45, 2.75) is 69.5 Å². The molecule has 3 aromatic carbocycles. The number of phenolic OH excluding ortho intramolecular Hbond substituents is 1. The zero-order valence-corrected chi connectivity index (χ0v) is 35.8. The van der Waals surface area contributed by atoms with E-state index in [0.29, 0.717) is 75.4 Å². The number of aromatic hydroxyl groups is 1. The molecule has 5 amide bonds. The van der Waals surface area contributed by atoms with Crippen LogP contribution in [0.15, 0.2) is 90.4 Å². The number of benzene rings is 3. The molecular weight excluding hydrogens is 817 g/mol. The van der Waals surface area contributed by atoms with E-state index in [1.54, 1.807) is 48.5 Å². The summed E-state index contributed by atoms with van der Waals surface area (Å²) in [6, 6.07) is 20.2. The molecule has 4 fully saturated rings. The number of phenols is 1. The Morgan fingerprint density at radius 2 is 1.50 bits per heavy atom. The fraction of sp³-hybridized carbons (Fsp3) is 0.404. The molecule has 1 aliphatic carbocycles. The maximum atomic E-state index is 14.1. The van der Waals surface area contributed by atoms with Crippen LogP contribution in [0.5, 0.6) is 5.75 Å². The van der Waals surface area contributed by atoms with Crippen LogP contribution in [-0.4, -0.2) is 103 Å². The predicted molar refractivity (Wildman–Crippen MR) is 242 cm³/mol. The van der Waals surface area contributed by atoms with Crippen LogP contribution >= 0.6 is 0 Å². The van der Waals surface area contributed by atoms with Gasteiger partial charge >= 0.3 is 0 Å². The lowest BCUT2D eigenvalue weighted by Crippen LogP contribution is -2.59. The smallest absolute Gasteiger partial charge is 0.252 e. The average Bonchev–Trinajstić information content (AvgIpc) is 3.31. The summed E-state index contributed by atoms with van der Waals surface area (Å²) in [5.41, 5.74) is 22.0. The van der Waals surface area contributed by atoms with Gasteiger partial charge < -0.3 is 53.0 Å². The zero-order chi connectivity index (χ0) is 45.3. The number of aldehydes is 1. The zero-order valence-electron chi connectivity index (χ0n) is 35.8. The number of piperidine rings is 2. The van der Waals surface area contributed by atoms with Crippen LogP contribution in [0.4, 0.5) is 11.4 Å². The number of anilines is 2. The Balaban J connectivity index is 0.891. The number of amides is 5. The average molecular weight is 875 g/mol. The molecule has 3 heterocycles. The van der Waals surface area contributed by atoms with Gasteiger partial charge in [0.1, 0.15) is 23.7 Å². The monoisotopic (exact) mass is 874 g/mol. The highest BCUT2D eigenvalue weighted by atomic mass is 16.3. The normalized spacial score (nSPS) is 21.9. The summed E-state index contributed by atoms with van der Waals surface area (Å²) in [5, 5.41) is 21.8. The first kappa shape index (κ1) is 45.0. The highest BCUT2D eigenvalue weighted by Crippen LogP contribution is 2.30. The van der Waals surface area contributed by atoms with Crippen molar-refractivity contribution >= 4 is 52.9 Å². The van der Waals surface area contributed by atoms with Gasteiger partial charge in [0.25, 0.3) is 5.91 Å². The van der Waals surface area contributed by atoms with E-state index in [1.807, 2.05) is 35.2 Å². The van der Waals surface area contributed by atoms with Crippen LogP contribution in [0.3, 0.4) is 0 Å². The molecule has 3 saturated heterocycles. The highest BCUT2D eigenvalue weighted by Gasteiger charge is 2.35. The first-order valence-electron chi connectivity index (χ1n) is 22.0. The number of nitrogens with two attached hydrogens (primary N) is 3. The predicted octanol–water partition coefficient (Wildman–Crippen LogP) is 2.02. The van der Waals surface area contributed by atoms with Crippen molar-refractivity contribution in [1.29, 1.82) is 0 Å². The summed E-state index contributed by atoms with van der Waals surface area (Å²) in [6.45, 7) is 3.02. The number of hydrogen-bond acceptors (Lipinski definition) is 13. The van der Waals surface area contributed by atoms with Gasteiger partial charge in [0.05, 0.1) is 11.3 Å². The van der Waals surface area contributed by atoms with Gasteiger partial charge in [-0.2, -0.15) is 0 Å². The molecule has 0 spiro atoms. The van der Waals surface area contributed by atoms with E-state index in [0.717, 1.165) is 37.1 Å². The minimum Gasteiger partial charge on any atom is -0.507 e. The number of para-hydroxylation sites is 2. The number of piperazine rings is 1. The van der Waals surface area contributed by atoms with Crippen molar-refractivity contribution in [2.75, 3.05) is 49.1 Å². The van der Waals surface area contributed by atoms with Gasteiger partial charge in [0, 0.05) is 85.8 Å². The van der Waals surface area contributed by atoms with Gasteiger partial charge in [-0.15, -0.1) is 0 Å². The lowest BCUT2D eigenvalue weighted by atomic mass is 9.85. The fourth-order valence-corrected chi connectivity index (χ4v) is 9.15. The van der Waals surface area contributed by atoms with Crippen LogP contribution < -0.4 is 48.3 Å². The maximum Gasteiger partial charge on any atom is 0.252 e. The van der Waals surface area contributed by atoms with Crippen LogP contribution in [0.25, 0.3) is 5.70 Å². The van der Waals surface area contributed by atoms with Gasteiger partial charge in [0.2, 0.25) is 23.6 Å². The number of nitrogens with zero attached hydrogens (tertiary/aromatic N) is 3. The molecule has 4 aliphatic rings. The molecular formula is C47H58N10O7. The van der Waals surface area contributed by atoms with E-state index in [4.69, 9.17) is 17.2 Å². The fourth-order valence-electron chi connectivity index (χ4n) is 9.15. The Kier molecular flexibility index (Phi) is 14.4. The molecule has 338 valence electrons. The van der Waals surface area contributed by atoms with Crippen molar-refractivity contribution in [3.63, 3.8) is 0 Å². The number of imide groups is 1. The van der Waals surface area contributed by atoms with E-state index in [-0.39, 0.29) is 71.1 Å². The summed E-state index contributed by atoms with van der Waals surface area (Å²) in [7, 11) is 0. The number of carbonyl (C=O) groups excluding carboxylic acids is 6. The number of carbonyl (C=O) groups is 6. The van der Waals surface area contributed by atoms with Crippen molar-refractivity contribution in [3.8, 4) is 5.75 Å². The second-order valence-corrected chi connectivity index (χ2v) is 17.0. The van der Waals surface area contributed by atoms with Gasteiger partial charge in [-0.25, -0.2) is 0 Å². The standard InChI is InChI=1S/C47H58N10O7/c48-37(35-8-4-5-9-41(35)59)25-39(43(49)50)56-22-23-57(33-6-2-1-3-7-33)40(27-56)47(64)51-26-29-10-13-32(14-11-29)52-44(61)30-18-20-55(21-19-30)34-15-12-31(28-58)36(24-34)45(62)53-38-16-17-42(60)54-46(38)63/h1-9,12,15,24-25,28-30,32,38,40,59H,10-11,13-14,16-23,26-27,48-50H2,(H,51,64)(H,52,61)(H,53,62)(H,54,60,63)/b37-25-. The molecule has 64 heavy (non-hydrogen) atoms. The number of rotatable bonds is 13. The minimum atomic E-state index is -0.868. The molecule has 0 radical (unpaired) electrons. The molecule has 2 unspecified atom stereocenters. The summed E-state index contributed by atoms with van der Waals surface area (Å²) in [5.74, 6) is -1.45. The second kappa shape index (κ2) is 20.4. The summed E-state index contributed by atoms with van der Waals surface area (Å²) in [6.07, 6.45) is 7.09. The molecule has 1 saturated carbocycles. The second-order valence-electron chi connectivity index (χ2n) is 17.0. The topological polar surface area (TPSA) is 259 Å². The van der Waals surface area contributed by atoms with E-state index in [9.17, 15) is 33.9 Å². The van der Waals surface area contributed by atoms with E-state index in [2.05, 4.69) is 31.1 Å². The minimum absolute atomic E-state index is 0.0310. The third-order valence-electron chi connectivity index (χ3n) is 12.9. The van der Waals surface area contributed by atoms with Crippen molar-refractivity contribution in [2.24, 2.45) is 29.0 Å². The molecule has 7 rings (SSSR count). The summed E-state index contributed by atoms with van der Waals surface area (Å²) < 4.78 is 0. The first-order chi connectivity index (χ1) is 30.9. The number of hydrogen-bond donors (Lipinski definition) is 8. The lowest BCUT2D eigenvalue weighted by molar-refractivity contribution is -0.134. The first-order valence-corrected chi connectivity index (χ1v) is 22.0. The lowest BCUT2D eigenvalue weighted by Gasteiger charge is -2.43. The van der Waals surface area contributed by atoms with Crippen LogP contribution in [0, 0.1) is 11.8 Å². The largest absolute Gasteiger partial charge is 0.507 e. The molecule has 17 nitrogen and oxygen atoms in total. The van der Waals surface area contributed by atoms with E-state index in [1.165, 1.54) is 0 Å². The third kappa shape index (κ3) is 10.8. The van der Waals surface area contributed by atoms with Gasteiger partial charge in [-0.05, 0) is 99.4 Å². The van der Waals surface area contributed by atoms with E-state index < -0.39 is 23.9 Å². The van der Waals surface area contributed by atoms with E-state index >= 15 is 0 Å². The molecule has 11 N–H and O–H groups in total. The van der Waals surface area contributed by atoms with Crippen LogP contribution in [-0.2, 0) is 19.2 Å². The molecule has 3 aromatic rings. The Morgan fingerprint density at radius 1 is 0.781 bits per heavy atom. The van der Waals surface area contributed by atoms with Crippen molar-refractivity contribution in [1.82, 2.24) is 26.2 Å². The third-order valence-corrected chi connectivity index (χ3v) is 12.9. The molecule has 2 atom stereocenters. The highest BCUT2D eigenvalue weighted by molar-refractivity contribution is 6.06. The summed E-state index contributed by atoms with van der Waals surface area (Å²) in [4.78, 5) is 82.4. The van der Waals surface area contributed by atoms with Crippen LogP contribution in [0.1, 0.15) is 77.6 Å².